The Labute approximate surface area is 119 Å². The van der Waals surface area contributed by atoms with E-state index in [1.54, 1.807) is 25.1 Å². The van der Waals surface area contributed by atoms with Crippen molar-refractivity contribution in [1.82, 2.24) is 4.98 Å². The Morgan fingerprint density at radius 2 is 2.25 bits per heavy atom. The molecular weight excluding hydrogens is 300 g/mol. The molecule has 0 aliphatic carbocycles. The molecule has 1 aromatic heterocycles. The van der Waals surface area contributed by atoms with E-state index in [9.17, 15) is 8.42 Å². The van der Waals surface area contributed by atoms with Gasteiger partial charge in [0.25, 0.3) is 10.0 Å². The molecule has 9 heteroatoms. The second kappa shape index (κ2) is 5.47. The highest BCUT2D eigenvalue weighted by Gasteiger charge is 2.17. The smallest absolute Gasteiger partial charge is 0.273 e. The highest BCUT2D eigenvalue weighted by molar-refractivity contribution is 7.94. The number of nitrogens with two attached hydrogens (primary N) is 1. The van der Waals surface area contributed by atoms with Crippen LogP contribution in [-0.2, 0) is 10.0 Å². The molecule has 2 aromatic rings. The van der Waals surface area contributed by atoms with Gasteiger partial charge in [-0.15, -0.1) is 11.3 Å². The van der Waals surface area contributed by atoms with E-state index < -0.39 is 10.0 Å². The number of rotatable bonds is 4. The van der Waals surface area contributed by atoms with Crippen molar-refractivity contribution < 1.29 is 13.6 Å². The minimum Gasteiger partial charge on any atom is -0.409 e. The van der Waals surface area contributed by atoms with Crippen molar-refractivity contribution >= 4 is 32.9 Å². The monoisotopic (exact) mass is 312 g/mol. The first-order chi connectivity index (χ1) is 9.42. The SMILES string of the molecule is Cc1ncc(S(=O)(=O)Nc2cccc(/C(N)=N/O)c2)s1. The summed E-state index contributed by atoms with van der Waals surface area (Å²) in [5.74, 6) is -0.0975. The summed E-state index contributed by atoms with van der Waals surface area (Å²) in [7, 11) is -3.68. The lowest BCUT2D eigenvalue weighted by atomic mass is 10.2. The molecule has 0 radical (unpaired) electrons. The van der Waals surface area contributed by atoms with E-state index in [0.717, 1.165) is 11.3 Å². The lowest BCUT2D eigenvalue weighted by molar-refractivity contribution is 0.318. The third-order valence-corrected chi connectivity index (χ3v) is 5.14. The fourth-order valence-corrected chi connectivity index (χ4v) is 3.63. The first kappa shape index (κ1) is 14.3. The molecule has 2 rings (SSSR count). The average molecular weight is 312 g/mol. The number of benzene rings is 1. The number of amidine groups is 1. The van der Waals surface area contributed by atoms with Gasteiger partial charge in [0.05, 0.1) is 11.2 Å². The molecule has 4 N–H and O–H groups in total. The molecule has 0 saturated heterocycles. The van der Waals surface area contributed by atoms with Crippen LogP contribution in [0.1, 0.15) is 10.6 Å². The van der Waals surface area contributed by atoms with Crippen molar-refractivity contribution in [1.29, 1.82) is 0 Å². The van der Waals surface area contributed by atoms with Crippen LogP contribution < -0.4 is 10.5 Å². The van der Waals surface area contributed by atoms with Crippen LogP contribution in [0.5, 0.6) is 0 Å². The molecule has 1 heterocycles. The van der Waals surface area contributed by atoms with Crippen LogP contribution in [0.4, 0.5) is 5.69 Å². The van der Waals surface area contributed by atoms with E-state index in [2.05, 4.69) is 14.9 Å². The molecule has 106 valence electrons. The van der Waals surface area contributed by atoms with Gasteiger partial charge in [0, 0.05) is 11.3 Å². The predicted molar refractivity (Wildman–Crippen MR) is 76.6 cm³/mol. The van der Waals surface area contributed by atoms with Crippen LogP contribution in [-0.4, -0.2) is 24.4 Å². The molecule has 7 nitrogen and oxygen atoms in total. The number of sulfonamides is 1. The number of oxime groups is 1. The molecule has 0 bridgehead atoms. The summed E-state index contributed by atoms with van der Waals surface area (Å²) in [6, 6.07) is 6.24. The van der Waals surface area contributed by atoms with Crippen LogP contribution in [0.2, 0.25) is 0 Å². The molecule has 0 aliphatic heterocycles. The number of aromatic nitrogens is 1. The largest absolute Gasteiger partial charge is 0.409 e. The lowest BCUT2D eigenvalue weighted by Gasteiger charge is -2.07. The lowest BCUT2D eigenvalue weighted by Crippen LogP contribution is -2.15. The summed E-state index contributed by atoms with van der Waals surface area (Å²) in [5, 5.41) is 12.1. The number of anilines is 1. The molecule has 0 spiro atoms. The van der Waals surface area contributed by atoms with E-state index in [0.29, 0.717) is 16.3 Å². The fourth-order valence-electron chi connectivity index (χ4n) is 1.47. The Hall–Kier alpha value is -2.13. The molecular formula is C11H12N4O3S2. The fraction of sp³-hybridized carbons (Fsp3) is 0.0909. The zero-order chi connectivity index (χ0) is 14.8. The second-order valence-electron chi connectivity index (χ2n) is 3.87. The van der Waals surface area contributed by atoms with Crippen molar-refractivity contribution in [2.75, 3.05) is 4.72 Å². The van der Waals surface area contributed by atoms with E-state index in [4.69, 9.17) is 10.9 Å². The molecule has 0 saturated carbocycles. The van der Waals surface area contributed by atoms with Gasteiger partial charge in [-0.3, -0.25) is 4.72 Å². The first-order valence-corrected chi connectivity index (χ1v) is 7.75. The van der Waals surface area contributed by atoms with E-state index in [-0.39, 0.29) is 10.0 Å². The minimum absolute atomic E-state index is 0.0975. The summed E-state index contributed by atoms with van der Waals surface area (Å²) in [4.78, 5) is 3.91. The van der Waals surface area contributed by atoms with Crippen molar-refractivity contribution in [2.45, 2.75) is 11.1 Å². The maximum Gasteiger partial charge on any atom is 0.273 e. The third kappa shape index (κ3) is 3.06. The van der Waals surface area contributed by atoms with Gasteiger partial charge in [0.2, 0.25) is 0 Å². The number of aryl methyl sites for hydroxylation is 1. The predicted octanol–water partition coefficient (Wildman–Crippen LogP) is 1.35. The van der Waals surface area contributed by atoms with Crippen molar-refractivity contribution in [2.24, 2.45) is 10.9 Å². The van der Waals surface area contributed by atoms with Gasteiger partial charge < -0.3 is 10.9 Å². The summed E-state index contributed by atoms with van der Waals surface area (Å²) in [6.45, 7) is 1.72. The zero-order valence-corrected chi connectivity index (χ0v) is 12.1. The first-order valence-electron chi connectivity index (χ1n) is 5.45. The summed E-state index contributed by atoms with van der Waals surface area (Å²) in [5.41, 5.74) is 6.19. The summed E-state index contributed by atoms with van der Waals surface area (Å²) >= 11 is 1.08. The van der Waals surface area contributed by atoms with Gasteiger partial charge >= 0.3 is 0 Å². The number of nitrogens with one attached hydrogen (secondary N) is 1. The van der Waals surface area contributed by atoms with Crippen LogP contribution in [0.3, 0.4) is 0 Å². The average Bonchev–Trinajstić information content (AvgIpc) is 2.85. The molecule has 0 fully saturated rings. The third-order valence-electron chi connectivity index (χ3n) is 2.38. The van der Waals surface area contributed by atoms with Crippen LogP contribution in [0.25, 0.3) is 0 Å². The molecule has 0 unspecified atom stereocenters. The Bertz CT molecular complexity index is 753. The Morgan fingerprint density at radius 3 is 2.85 bits per heavy atom. The normalized spacial score (nSPS) is 12.3. The van der Waals surface area contributed by atoms with Crippen LogP contribution in [0.15, 0.2) is 39.8 Å². The Kier molecular flexibility index (Phi) is 3.91. The van der Waals surface area contributed by atoms with Crippen molar-refractivity contribution in [3.8, 4) is 0 Å². The van der Waals surface area contributed by atoms with Gasteiger partial charge in [-0.1, -0.05) is 17.3 Å². The molecule has 20 heavy (non-hydrogen) atoms. The van der Waals surface area contributed by atoms with Crippen molar-refractivity contribution in [3.05, 3.63) is 41.0 Å². The number of hydrogen-bond acceptors (Lipinski definition) is 6. The Balaban J connectivity index is 2.30. The molecule has 0 amide bonds. The van der Waals surface area contributed by atoms with Gasteiger partial charge in [-0.25, -0.2) is 13.4 Å². The summed E-state index contributed by atoms with van der Waals surface area (Å²) in [6.07, 6.45) is 1.30. The second-order valence-corrected chi connectivity index (χ2v) is 7.01. The molecule has 1 aromatic carbocycles. The van der Waals surface area contributed by atoms with E-state index >= 15 is 0 Å². The highest BCUT2D eigenvalue weighted by Crippen LogP contribution is 2.21. The standard InChI is InChI=1S/C11H12N4O3S2/c1-7-13-6-10(19-7)20(17,18)15-9-4-2-3-8(5-9)11(12)14-16/h2-6,15-16H,1H3,(H2,12,14). The van der Waals surface area contributed by atoms with Crippen LogP contribution >= 0.6 is 11.3 Å². The molecule has 0 atom stereocenters. The maximum atomic E-state index is 12.1. The topological polar surface area (TPSA) is 118 Å². The van der Waals surface area contributed by atoms with Gasteiger partial charge in [-0.2, -0.15) is 0 Å². The van der Waals surface area contributed by atoms with E-state index in [1.165, 1.54) is 12.3 Å². The van der Waals surface area contributed by atoms with Gasteiger partial charge in [0.1, 0.15) is 0 Å². The number of nitrogens with zero attached hydrogens (tertiary/aromatic N) is 2. The van der Waals surface area contributed by atoms with Gasteiger partial charge in [0.15, 0.2) is 10.0 Å². The van der Waals surface area contributed by atoms with Crippen molar-refractivity contribution in [3.63, 3.8) is 0 Å². The van der Waals surface area contributed by atoms with Crippen LogP contribution in [0, 0.1) is 6.92 Å². The quantitative estimate of drug-likeness (QED) is 0.341. The minimum atomic E-state index is -3.68. The van der Waals surface area contributed by atoms with Gasteiger partial charge in [-0.05, 0) is 19.1 Å². The zero-order valence-electron chi connectivity index (χ0n) is 10.4. The molecule has 0 aliphatic rings. The van der Waals surface area contributed by atoms with E-state index in [1.807, 2.05) is 0 Å². The highest BCUT2D eigenvalue weighted by atomic mass is 32.2. The number of thiazole rings is 1. The maximum absolute atomic E-state index is 12.1. The Morgan fingerprint density at radius 1 is 1.50 bits per heavy atom. The summed E-state index contributed by atoms with van der Waals surface area (Å²) < 4.78 is 26.8. The number of hydrogen-bond donors (Lipinski definition) is 3.